The zero-order valence-electron chi connectivity index (χ0n) is 14.5. The summed E-state index contributed by atoms with van der Waals surface area (Å²) in [5, 5.41) is 9.34. The molecule has 3 aromatic rings. The topological polar surface area (TPSA) is 90.5 Å². The van der Waals surface area contributed by atoms with E-state index >= 15 is 0 Å². The number of fused-ring (bicyclic) bond motifs is 1. The van der Waals surface area contributed by atoms with E-state index in [1.807, 2.05) is 12.1 Å². The van der Waals surface area contributed by atoms with Crippen LogP contribution in [0.4, 0.5) is 0 Å². The largest absolute Gasteiger partial charge is 0.478 e. The van der Waals surface area contributed by atoms with E-state index in [2.05, 4.69) is 4.98 Å². The van der Waals surface area contributed by atoms with Crippen molar-refractivity contribution in [2.45, 2.75) is 18.4 Å². The van der Waals surface area contributed by atoms with Crippen LogP contribution in [0, 0.1) is 6.92 Å². The second-order valence-corrected chi connectivity index (χ2v) is 8.66. The first-order valence-corrected chi connectivity index (χ1v) is 10.2. The number of benzene rings is 1. The molecule has 1 aromatic carbocycles. The van der Waals surface area contributed by atoms with Crippen LogP contribution in [0.1, 0.15) is 31.3 Å². The summed E-state index contributed by atoms with van der Waals surface area (Å²) in [6.07, 6.45) is 1.62. The van der Waals surface area contributed by atoms with Gasteiger partial charge in [0.2, 0.25) is 0 Å². The van der Waals surface area contributed by atoms with Crippen molar-refractivity contribution in [3.63, 3.8) is 0 Å². The maximum atomic E-state index is 12.7. The molecule has 0 aliphatic carbocycles. The molecule has 0 aliphatic heterocycles. The molecule has 1 unspecified atom stereocenters. The molecule has 0 saturated carbocycles. The molecule has 6 nitrogen and oxygen atoms in total. The molecule has 2 N–H and O–H groups in total. The van der Waals surface area contributed by atoms with E-state index in [9.17, 15) is 18.9 Å². The Morgan fingerprint density at radius 1 is 1.27 bits per heavy atom. The SMILES string of the molecule is Cc1sc2cc(C(=O)N(C)Cc3ccc(S(C)=O)cc3)[nH]c2c1C(=O)O. The van der Waals surface area contributed by atoms with Gasteiger partial charge in [-0.25, -0.2) is 4.79 Å². The Labute approximate surface area is 156 Å². The Morgan fingerprint density at radius 3 is 2.50 bits per heavy atom. The summed E-state index contributed by atoms with van der Waals surface area (Å²) in [6, 6.07) is 8.97. The van der Waals surface area contributed by atoms with Crippen molar-refractivity contribution >= 4 is 44.2 Å². The zero-order valence-corrected chi connectivity index (χ0v) is 16.2. The Hall–Kier alpha value is -2.45. The van der Waals surface area contributed by atoms with Crippen LogP contribution in [0.3, 0.4) is 0 Å². The molecule has 0 spiro atoms. The van der Waals surface area contributed by atoms with E-state index in [4.69, 9.17) is 0 Å². The highest BCUT2D eigenvalue weighted by Crippen LogP contribution is 2.31. The second-order valence-electron chi connectivity index (χ2n) is 6.02. The maximum Gasteiger partial charge on any atom is 0.338 e. The van der Waals surface area contributed by atoms with Gasteiger partial charge in [-0.15, -0.1) is 11.3 Å². The summed E-state index contributed by atoms with van der Waals surface area (Å²) >= 11 is 1.35. The van der Waals surface area contributed by atoms with E-state index in [1.54, 1.807) is 43.3 Å². The first-order chi connectivity index (χ1) is 12.3. The summed E-state index contributed by atoms with van der Waals surface area (Å²) in [4.78, 5) is 30.0. The van der Waals surface area contributed by atoms with Gasteiger partial charge in [-0.05, 0) is 30.7 Å². The van der Waals surface area contributed by atoms with Gasteiger partial charge in [0.15, 0.2) is 0 Å². The first-order valence-electron chi connectivity index (χ1n) is 7.81. The highest BCUT2D eigenvalue weighted by atomic mass is 32.2. The predicted octanol–water partition coefficient (Wildman–Crippen LogP) is 3.25. The third kappa shape index (κ3) is 3.42. The Bertz CT molecular complexity index is 1020. The van der Waals surface area contributed by atoms with Gasteiger partial charge in [0.1, 0.15) is 5.69 Å². The minimum atomic E-state index is -1.03. The number of hydrogen-bond acceptors (Lipinski definition) is 4. The van der Waals surface area contributed by atoms with Crippen molar-refractivity contribution in [1.82, 2.24) is 9.88 Å². The number of rotatable bonds is 5. The normalized spacial score (nSPS) is 12.3. The summed E-state index contributed by atoms with van der Waals surface area (Å²) < 4.78 is 12.2. The van der Waals surface area contributed by atoms with Gasteiger partial charge in [-0.1, -0.05) is 12.1 Å². The molecule has 0 fully saturated rings. The lowest BCUT2D eigenvalue weighted by molar-refractivity contribution is 0.0697. The number of nitrogens with zero attached hydrogens (tertiary/aromatic N) is 1. The fourth-order valence-electron chi connectivity index (χ4n) is 2.80. The van der Waals surface area contributed by atoms with Crippen molar-refractivity contribution in [2.24, 2.45) is 0 Å². The molecular weight excluding hydrogens is 372 g/mol. The molecule has 26 heavy (non-hydrogen) atoms. The van der Waals surface area contributed by atoms with Gasteiger partial charge in [0.05, 0.1) is 15.8 Å². The number of aromatic carboxylic acids is 1. The van der Waals surface area contributed by atoms with Gasteiger partial charge in [0, 0.05) is 40.4 Å². The highest BCUT2D eigenvalue weighted by molar-refractivity contribution is 7.84. The lowest BCUT2D eigenvalue weighted by atomic mass is 10.2. The standard InChI is InChI=1S/C18H18N2O4S2/c1-10-15(18(22)23)16-14(25-10)8-13(19-16)17(21)20(2)9-11-4-6-12(7-5-11)26(3)24/h4-8,19H,9H2,1-3H3,(H,22,23). The molecule has 0 aliphatic rings. The van der Waals surface area contributed by atoms with Gasteiger partial charge >= 0.3 is 5.97 Å². The lowest BCUT2D eigenvalue weighted by Gasteiger charge is -2.16. The predicted molar refractivity (Wildman–Crippen MR) is 102 cm³/mol. The number of carboxylic acid groups (broad SMARTS) is 1. The van der Waals surface area contributed by atoms with Gasteiger partial charge in [-0.2, -0.15) is 0 Å². The van der Waals surface area contributed by atoms with Crippen molar-refractivity contribution in [1.29, 1.82) is 0 Å². The number of hydrogen-bond donors (Lipinski definition) is 2. The van der Waals surface area contributed by atoms with Crippen LogP contribution in [0.15, 0.2) is 35.2 Å². The van der Waals surface area contributed by atoms with Crippen LogP contribution in [0.2, 0.25) is 0 Å². The molecule has 1 amide bonds. The quantitative estimate of drug-likeness (QED) is 0.700. The maximum absolute atomic E-state index is 12.7. The first kappa shape index (κ1) is 18.3. The smallest absolute Gasteiger partial charge is 0.338 e. The minimum absolute atomic E-state index is 0.217. The second kappa shape index (κ2) is 7.05. The summed E-state index contributed by atoms with van der Waals surface area (Å²) in [7, 11) is 0.654. The van der Waals surface area contributed by atoms with Crippen molar-refractivity contribution < 1.29 is 18.9 Å². The molecule has 2 heterocycles. The highest BCUT2D eigenvalue weighted by Gasteiger charge is 2.21. The number of nitrogens with one attached hydrogen (secondary N) is 1. The minimum Gasteiger partial charge on any atom is -0.478 e. The van der Waals surface area contributed by atoms with Crippen molar-refractivity contribution in [2.75, 3.05) is 13.3 Å². The van der Waals surface area contributed by atoms with E-state index in [0.717, 1.165) is 15.2 Å². The number of aromatic amines is 1. The molecule has 0 radical (unpaired) electrons. The number of carboxylic acids is 1. The molecule has 0 saturated heterocycles. The van der Waals surface area contributed by atoms with Crippen LogP contribution < -0.4 is 0 Å². The number of carbonyl (C=O) groups excluding carboxylic acids is 1. The van der Waals surface area contributed by atoms with E-state index < -0.39 is 16.8 Å². The Morgan fingerprint density at radius 2 is 1.92 bits per heavy atom. The molecule has 1 atom stereocenters. The Balaban J connectivity index is 1.81. The molecule has 3 rings (SSSR count). The number of carbonyl (C=O) groups is 2. The monoisotopic (exact) mass is 390 g/mol. The van der Waals surface area contributed by atoms with Crippen LogP contribution in [0.5, 0.6) is 0 Å². The van der Waals surface area contributed by atoms with E-state index in [1.165, 1.54) is 11.3 Å². The molecule has 0 bridgehead atoms. The van der Waals surface area contributed by atoms with E-state index in [-0.39, 0.29) is 11.5 Å². The number of aryl methyl sites for hydroxylation is 1. The average Bonchev–Trinajstić information content (AvgIpc) is 3.10. The fraction of sp³-hybridized carbons (Fsp3) is 0.222. The van der Waals surface area contributed by atoms with Crippen LogP contribution in [0.25, 0.3) is 10.2 Å². The molecule has 2 aromatic heterocycles. The third-order valence-corrected chi connectivity index (χ3v) is 6.10. The number of H-pyrrole nitrogens is 1. The number of thiophene rings is 1. The zero-order chi connectivity index (χ0) is 19.0. The molecular formula is C18H18N2O4S2. The van der Waals surface area contributed by atoms with Crippen molar-refractivity contribution in [3.8, 4) is 0 Å². The lowest BCUT2D eigenvalue weighted by Crippen LogP contribution is -2.26. The van der Waals surface area contributed by atoms with E-state index in [0.29, 0.717) is 22.6 Å². The molecule has 8 heteroatoms. The van der Waals surface area contributed by atoms with Crippen LogP contribution in [-0.2, 0) is 17.3 Å². The van der Waals surface area contributed by atoms with Crippen LogP contribution in [-0.4, -0.2) is 44.4 Å². The summed E-state index contributed by atoms with van der Waals surface area (Å²) in [6.45, 7) is 2.15. The van der Waals surface area contributed by atoms with Gasteiger partial charge in [0.25, 0.3) is 5.91 Å². The van der Waals surface area contributed by atoms with Gasteiger partial charge < -0.3 is 15.0 Å². The van der Waals surface area contributed by atoms with Gasteiger partial charge in [-0.3, -0.25) is 9.00 Å². The molecule has 136 valence electrons. The average molecular weight is 390 g/mol. The summed E-state index contributed by atoms with van der Waals surface area (Å²) in [5.74, 6) is -1.22. The number of amides is 1. The Kier molecular flexibility index (Phi) is 4.97. The third-order valence-electron chi connectivity index (χ3n) is 4.11. The van der Waals surface area contributed by atoms with Crippen molar-refractivity contribution in [3.05, 3.63) is 52.0 Å². The number of aromatic nitrogens is 1. The summed E-state index contributed by atoms with van der Waals surface area (Å²) in [5.41, 5.74) is 1.99. The van der Waals surface area contributed by atoms with Crippen LogP contribution >= 0.6 is 11.3 Å². The fourth-order valence-corrected chi connectivity index (χ4v) is 4.38.